The number of benzene rings is 2. The van der Waals surface area contributed by atoms with Crippen LogP contribution in [0.15, 0.2) is 42.5 Å². The highest BCUT2D eigenvalue weighted by molar-refractivity contribution is 6.36. The second kappa shape index (κ2) is 7.95. The lowest BCUT2D eigenvalue weighted by molar-refractivity contribution is 0.262. The summed E-state index contributed by atoms with van der Waals surface area (Å²) in [6.07, 6.45) is 0. The van der Waals surface area contributed by atoms with Gasteiger partial charge in [0.1, 0.15) is 0 Å². The first-order chi connectivity index (χ1) is 12.0. The number of urea groups is 1. The average Bonchev–Trinajstić information content (AvgIpc) is 2.59. The lowest BCUT2D eigenvalue weighted by atomic mass is 10.2. The van der Waals surface area contributed by atoms with Crippen LogP contribution in [0.5, 0.6) is 0 Å². The van der Waals surface area contributed by atoms with Crippen LogP contribution in [0.3, 0.4) is 0 Å². The van der Waals surface area contributed by atoms with Crippen LogP contribution in [-0.2, 0) is 0 Å². The zero-order valence-corrected chi connectivity index (χ0v) is 15.4. The van der Waals surface area contributed by atoms with E-state index in [2.05, 4.69) is 27.5 Å². The third-order valence-electron chi connectivity index (χ3n) is 4.17. The number of carbonyl (C=O) groups excluding carboxylic acids is 1. The summed E-state index contributed by atoms with van der Waals surface area (Å²) in [4.78, 5) is 16.8. The number of likely N-dealkylation sites (N-methyl/N-ethyl adjacent to an activating group) is 1. The fourth-order valence-corrected chi connectivity index (χ4v) is 3.15. The molecule has 1 aliphatic rings. The van der Waals surface area contributed by atoms with E-state index in [1.54, 1.807) is 18.2 Å². The van der Waals surface area contributed by atoms with Crippen molar-refractivity contribution in [2.24, 2.45) is 0 Å². The molecule has 0 bridgehead atoms. The van der Waals surface area contributed by atoms with Crippen molar-refractivity contribution < 1.29 is 4.79 Å². The molecule has 7 heteroatoms. The number of halogens is 2. The van der Waals surface area contributed by atoms with E-state index in [0.29, 0.717) is 15.7 Å². The molecular formula is C18H20Cl2N4O. The Bertz CT molecular complexity index is 743. The lowest BCUT2D eigenvalue weighted by Crippen LogP contribution is -2.44. The van der Waals surface area contributed by atoms with Gasteiger partial charge in [-0.25, -0.2) is 4.79 Å². The van der Waals surface area contributed by atoms with Crippen molar-refractivity contribution in [2.75, 3.05) is 48.8 Å². The molecule has 2 aromatic rings. The number of piperazine rings is 1. The molecule has 1 heterocycles. The Morgan fingerprint density at radius 1 is 0.960 bits per heavy atom. The molecule has 2 N–H and O–H groups in total. The molecule has 0 saturated carbocycles. The van der Waals surface area contributed by atoms with E-state index in [4.69, 9.17) is 23.2 Å². The number of rotatable bonds is 3. The van der Waals surface area contributed by atoms with Gasteiger partial charge in [-0.05, 0) is 49.5 Å². The Morgan fingerprint density at radius 2 is 1.64 bits per heavy atom. The predicted molar refractivity (Wildman–Crippen MR) is 105 cm³/mol. The summed E-state index contributed by atoms with van der Waals surface area (Å²) in [7, 11) is 2.13. The molecule has 0 spiro atoms. The summed E-state index contributed by atoms with van der Waals surface area (Å²) in [6, 6.07) is 12.4. The standard InChI is InChI=1S/C18H20Cl2N4O/c1-23-8-10-24(11-9-23)15-5-3-14(4-6-15)21-18(25)22-17-7-2-13(19)12-16(17)20/h2-7,12H,8-11H2,1H3,(H2,21,22,25). The van der Waals surface area contributed by atoms with Gasteiger partial charge in [0.25, 0.3) is 0 Å². The van der Waals surface area contributed by atoms with Crippen molar-refractivity contribution in [2.45, 2.75) is 0 Å². The molecule has 1 fully saturated rings. The minimum atomic E-state index is -0.350. The van der Waals surface area contributed by atoms with Crippen molar-refractivity contribution in [3.63, 3.8) is 0 Å². The van der Waals surface area contributed by atoms with E-state index in [1.165, 1.54) is 5.69 Å². The van der Waals surface area contributed by atoms with Gasteiger partial charge in [0.2, 0.25) is 0 Å². The molecule has 1 aliphatic heterocycles. The Hall–Kier alpha value is -1.95. The lowest BCUT2D eigenvalue weighted by Gasteiger charge is -2.34. The third-order valence-corrected chi connectivity index (χ3v) is 4.72. The Labute approximate surface area is 157 Å². The summed E-state index contributed by atoms with van der Waals surface area (Å²) in [5.41, 5.74) is 2.40. The van der Waals surface area contributed by atoms with Crippen LogP contribution < -0.4 is 15.5 Å². The fraction of sp³-hybridized carbons (Fsp3) is 0.278. The van der Waals surface area contributed by atoms with Gasteiger partial charge in [-0.1, -0.05) is 23.2 Å². The second-order valence-electron chi connectivity index (χ2n) is 6.04. The number of hydrogen-bond donors (Lipinski definition) is 2. The summed E-state index contributed by atoms with van der Waals surface area (Å²) in [6.45, 7) is 4.15. The maximum atomic E-state index is 12.1. The van der Waals surface area contributed by atoms with E-state index in [9.17, 15) is 4.79 Å². The summed E-state index contributed by atoms with van der Waals surface area (Å²) in [5.74, 6) is 0. The molecule has 0 unspecified atom stereocenters. The average molecular weight is 379 g/mol. The number of nitrogens with one attached hydrogen (secondary N) is 2. The summed E-state index contributed by atoms with van der Waals surface area (Å²) in [5, 5.41) is 6.43. The van der Waals surface area contributed by atoms with Crippen molar-refractivity contribution in [3.8, 4) is 0 Å². The van der Waals surface area contributed by atoms with Crippen molar-refractivity contribution >= 4 is 46.3 Å². The molecule has 0 aromatic heterocycles. The van der Waals surface area contributed by atoms with E-state index >= 15 is 0 Å². The highest BCUT2D eigenvalue weighted by Crippen LogP contribution is 2.25. The molecule has 2 amide bonds. The van der Waals surface area contributed by atoms with E-state index in [1.807, 2.05) is 24.3 Å². The van der Waals surface area contributed by atoms with Crippen molar-refractivity contribution in [3.05, 3.63) is 52.5 Å². The van der Waals surface area contributed by atoms with Gasteiger partial charge in [-0.3, -0.25) is 0 Å². The quantitative estimate of drug-likeness (QED) is 0.832. The van der Waals surface area contributed by atoms with Gasteiger partial charge >= 0.3 is 6.03 Å². The fourth-order valence-electron chi connectivity index (χ4n) is 2.70. The van der Waals surface area contributed by atoms with E-state index in [0.717, 1.165) is 31.9 Å². The molecule has 0 radical (unpaired) electrons. The minimum Gasteiger partial charge on any atom is -0.369 e. The number of hydrogen-bond acceptors (Lipinski definition) is 3. The number of amides is 2. The van der Waals surface area contributed by atoms with Gasteiger partial charge < -0.3 is 20.4 Å². The largest absolute Gasteiger partial charge is 0.369 e. The smallest absolute Gasteiger partial charge is 0.323 e. The van der Waals surface area contributed by atoms with Gasteiger partial charge in [-0.15, -0.1) is 0 Å². The Morgan fingerprint density at radius 3 is 2.28 bits per heavy atom. The molecule has 5 nitrogen and oxygen atoms in total. The SMILES string of the molecule is CN1CCN(c2ccc(NC(=O)Nc3ccc(Cl)cc3Cl)cc2)CC1. The van der Waals surface area contributed by atoms with Crippen LogP contribution in [0.1, 0.15) is 0 Å². The van der Waals surface area contributed by atoms with Crippen LogP contribution in [0.2, 0.25) is 10.0 Å². The number of nitrogens with zero attached hydrogens (tertiary/aromatic N) is 2. The normalized spacial score (nSPS) is 15.1. The molecule has 3 rings (SSSR count). The molecular weight excluding hydrogens is 359 g/mol. The highest BCUT2D eigenvalue weighted by Gasteiger charge is 2.14. The topological polar surface area (TPSA) is 47.6 Å². The zero-order chi connectivity index (χ0) is 17.8. The Kier molecular flexibility index (Phi) is 5.68. The zero-order valence-electron chi connectivity index (χ0n) is 13.9. The first kappa shape index (κ1) is 17.9. The first-order valence-corrected chi connectivity index (χ1v) is 8.83. The first-order valence-electron chi connectivity index (χ1n) is 8.08. The molecule has 132 valence electrons. The van der Waals surface area contributed by atoms with Crippen LogP contribution in [0.4, 0.5) is 21.9 Å². The maximum absolute atomic E-state index is 12.1. The maximum Gasteiger partial charge on any atom is 0.323 e. The third kappa shape index (κ3) is 4.78. The van der Waals surface area contributed by atoms with Crippen LogP contribution in [0.25, 0.3) is 0 Å². The Balaban J connectivity index is 1.58. The summed E-state index contributed by atoms with van der Waals surface area (Å²) < 4.78 is 0. The van der Waals surface area contributed by atoms with Gasteiger partial charge in [0, 0.05) is 42.6 Å². The van der Waals surface area contributed by atoms with Crippen LogP contribution in [-0.4, -0.2) is 44.2 Å². The monoisotopic (exact) mass is 378 g/mol. The number of carbonyl (C=O) groups is 1. The van der Waals surface area contributed by atoms with E-state index in [-0.39, 0.29) is 6.03 Å². The molecule has 25 heavy (non-hydrogen) atoms. The van der Waals surface area contributed by atoms with Crippen LogP contribution >= 0.6 is 23.2 Å². The molecule has 0 aliphatic carbocycles. The van der Waals surface area contributed by atoms with Crippen molar-refractivity contribution in [1.29, 1.82) is 0 Å². The predicted octanol–water partition coefficient (Wildman–Crippen LogP) is 4.39. The van der Waals surface area contributed by atoms with Crippen LogP contribution in [0, 0.1) is 0 Å². The second-order valence-corrected chi connectivity index (χ2v) is 6.88. The van der Waals surface area contributed by atoms with Gasteiger partial charge in [0.05, 0.1) is 10.7 Å². The van der Waals surface area contributed by atoms with Gasteiger partial charge in [-0.2, -0.15) is 0 Å². The van der Waals surface area contributed by atoms with Crippen molar-refractivity contribution in [1.82, 2.24) is 4.90 Å². The summed E-state index contributed by atoms with van der Waals surface area (Å²) >= 11 is 11.9. The molecule has 0 atom stereocenters. The van der Waals surface area contributed by atoms with Gasteiger partial charge in [0.15, 0.2) is 0 Å². The number of anilines is 3. The molecule has 2 aromatic carbocycles. The van der Waals surface area contributed by atoms with E-state index < -0.39 is 0 Å². The minimum absolute atomic E-state index is 0.350. The highest BCUT2D eigenvalue weighted by atomic mass is 35.5. The molecule has 1 saturated heterocycles.